The molecule has 0 unspecified atom stereocenters. The lowest BCUT2D eigenvalue weighted by atomic mass is 10.1. The summed E-state index contributed by atoms with van der Waals surface area (Å²) < 4.78 is 20.8. The highest BCUT2D eigenvalue weighted by Crippen LogP contribution is 2.22. The minimum atomic E-state index is -1.14. The molecule has 0 radical (unpaired) electrons. The lowest BCUT2D eigenvalue weighted by Crippen LogP contribution is -2.56. The molecule has 1 saturated heterocycles. The quantitative estimate of drug-likeness (QED) is 0.679. The van der Waals surface area contributed by atoms with E-state index in [1.54, 1.807) is 6.92 Å². The third-order valence-corrected chi connectivity index (χ3v) is 3.11. The van der Waals surface area contributed by atoms with Crippen LogP contribution in [0.3, 0.4) is 0 Å². The van der Waals surface area contributed by atoms with Crippen LogP contribution in [0.5, 0.6) is 0 Å². The summed E-state index contributed by atoms with van der Waals surface area (Å²) in [6.07, 6.45) is -2.50. The summed E-state index contributed by atoms with van der Waals surface area (Å²) >= 11 is 0. The lowest BCUT2D eigenvalue weighted by molar-refractivity contribution is -0.294. The zero-order chi connectivity index (χ0) is 14.0. The van der Waals surface area contributed by atoms with Gasteiger partial charge in [-0.3, -0.25) is 4.79 Å². The number of ether oxygens (including phenoxy) is 4. The van der Waals surface area contributed by atoms with E-state index in [0.717, 1.165) is 0 Å². The van der Waals surface area contributed by atoms with Crippen LogP contribution in [0.15, 0.2) is 12.2 Å². The number of aliphatic hydroxyl groups is 2. The first kappa shape index (κ1) is 14.6. The number of ketones is 1. The van der Waals surface area contributed by atoms with Gasteiger partial charge in [0.05, 0.1) is 6.61 Å². The Morgan fingerprint density at radius 2 is 2.16 bits per heavy atom. The molecule has 2 aliphatic rings. The molecule has 2 N–H and O–H groups in total. The van der Waals surface area contributed by atoms with E-state index in [1.165, 1.54) is 19.3 Å². The van der Waals surface area contributed by atoms with Crippen molar-refractivity contribution in [1.29, 1.82) is 0 Å². The minimum Gasteiger partial charge on any atom is -0.388 e. The van der Waals surface area contributed by atoms with E-state index in [0.29, 0.717) is 0 Å². The van der Waals surface area contributed by atoms with E-state index in [-0.39, 0.29) is 12.4 Å². The van der Waals surface area contributed by atoms with Crippen LogP contribution in [0.4, 0.5) is 0 Å². The van der Waals surface area contributed by atoms with Crippen LogP contribution in [0, 0.1) is 0 Å². The summed E-state index contributed by atoms with van der Waals surface area (Å²) in [6, 6.07) is 0. The number of rotatable bonds is 3. The Kier molecular flexibility index (Phi) is 4.67. The van der Waals surface area contributed by atoms with Gasteiger partial charge in [0.25, 0.3) is 0 Å². The molecule has 6 atom stereocenters. The first-order valence-electron chi connectivity index (χ1n) is 6.06. The van der Waals surface area contributed by atoms with Crippen LogP contribution in [0.2, 0.25) is 0 Å². The molecule has 0 aromatic heterocycles. The number of carbonyl (C=O) groups excluding carboxylic acids is 1. The fourth-order valence-electron chi connectivity index (χ4n) is 2.00. The third-order valence-electron chi connectivity index (χ3n) is 3.11. The first-order chi connectivity index (χ1) is 9.02. The van der Waals surface area contributed by atoms with Crippen LogP contribution in [-0.2, 0) is 23.7 Å². The van der Waals surface area contributed by atoms with Gasteiger partial charge in [-0.2, -0.15) is 0 Å². The fourth-order valence-corrected chi connectivity index (χ4v) is 2.00. The van der Waals surface area contributed by atoms with Gasteiger partial charge in [-0.1, -0.05) is 0 Å². The number of hydrogen-bond donors (Lipinski definition) is 2. The van der Waals surface area contributed by atoms with Crippen molar-refractivity contribution < 1.29 is 34.0 Å². The van der Waals surface area contributed by atoms with Crippen molar-refractivity contribution in [3.63, 3.8) is 0 Å². The molecule has 0 bridgehead atoms. The largest absolute Gasteiger partial charge is 0.388 e. The molecule has 0 aromatic carbocycles. The second-order valence-corrected chi connectivity index (χ2v) is 4.50. The summed E-state index contributed by atoms with van der Waals surface area (Å²) in [4.78, 5) is 11.3. The van der Waals surface area contributed by atoms with Gasteiger partial charge < -0.3 is 29.2 Å². The highest BCUT2D eigenvalue weighted by atomic mass is 16.7. The van der Waals surface area contributed by atoms with Gasteiger partial charge in [0, 0.05) is 7.11 Å². The topological polar surface area (TPSA) is 94.5 Å². The maximum Gasteiger partial charge on any atom is 0.185 e. The average molecular weight is 274 g/mol. The van der Waals surface area contributed by atoms with Crippen molar-refractivity contribution in [1.82, 2.24) is 0 Å². The van der Waals surface area contributed by atoms with Crippen LogP contribution in [0.1, 0.15) is 6.92 Å². The van der Waals surface area contributed by atoms with Crippen molar-refractivity contribution in [3.05, 3.63) is 12.2 Å². The molecule has 2 aliphatic heterocycles. The number of methoxy groups -OCH3 is 1. The van der Waals surface area contributed by atoms with Crippen molar-refractivity contribution in [2.75, 3.05) is 13.7 Å². The third kappa shape index (κ3) is 3.19. The molecule has 0 aliphatic carbocycles. The van der Waals surface area contributed by atoms with E-state index in [9.17, 15) is 15.0 Å². The van der Waals surface area contributed by atoms with Crippen molar-refractivity contribution in [2.45, 2.75) is 43.9 Å². The number of carbonyl (C=O) groups is 1. The van der Waals surface area contributed by atoms with Gasteiger partial charge in [0.15, 0.2) is 18.4 Å². The first-order valence-corrected chi connectivity index (χ1v) is 6.06. The smallest absolute Gasteiger partial charge is 0.185 e. The molecule has 2 heterocycles. The molecule has 19 heavy (non-hydrogen) atoms. The Bertz CT molecular complexity index is 356. The molecular formula is C12H18O7. The van der Waals surface area contributed by atoms with Gasteiger partial charge in [0.1, 0.15) is 24.4 Å². The molecule has 1 fully saturated rings. The Morgan fingerprint density at radius 3 is 2.79 bits per heavy atom. The zero-order valence-electron chi connectivity index (χ0n) is 10.8. The summed E-state index contributed by atoms with van der Waals surface area (Å²) in [6.45, 7) is 1.60. The summed E-state index contributed by atoms with van der Waals surface area (Å²) in [7, 11) is 1.39. The lowest BCUT2D eigenvalue weighted by Gasteiger charge is -2.38. The summed E-state index contributed by atoms with van der Waals surface area (Å²) in [5.41, 5.74) is 0. The second kappa shape index (κ2) is 6.08. The Labute approximate surface area is 110 Å². The Hall–Kier alpha value is -0.830. The standard InChI is InChI=1S/C12H18O7/c1-6-7(13)3-4-9(18-6)19-11-8(14)5-17-12(16-2)10(11)15/h3-4,6,8-12,14-15H,5H2,1-2H3/t6-,8-,9-,10+,11-,12-/m0/s1. The molecule has 0 spiro atoms. The van der Waals surface area contributed by atoms with Crippen molar-refractivity contribution in [3.8, 4) is 0 Å². The van der Waals surface area contributed by atoms with Gasteiger partial charge in [-0.05, 0) is 19.1 Å². The molecule has 7 heteroatoms. The van der Waals surface area contributed by atoms with Crippen LogP contribution >= 0.6 is 0 Å². The van der Waals surface area contributed by atoms with Crippen molar-refractivity contribution >= 4 is 5.78 Å². The van der Waals surface area contributed by atoms with E-state index < -0.39 is 37.0 Å². The summed E-state index contributed by atoms with van der Waals surface area (Å²) in [5.74, 6) is -0.150. The maximum absolute atomic E-state index is 11.3. The highest BCUT2D eigenvalue weighted by molar-refractivity contribution is 5.93. The number of aliphatic hydroxyl groups excluding tert-OH is 2. The SMILES string of the molecule is CO[C@H]1OC[C@H](O)[C@H](O[C@H]2C=CC(=O)[C@H](C)O2)[C@H]1O. The van der Waals surface area contributed by atoms with Crippen molar-refractivity contribution in [2.24, 2.45) is 0 Å². The monoisotopic (exact) mass is 274 g/mol. The van der Waals surface area contributed by atoms with E-state index in [1.807, 2.05) is 0 Å². The van der Waals surface area contributed by atoms with Crippen LogP contribution in [-0.4, -0.2) is 66.7 Å². The predicted molar refractivity (Wildman–Crippen MR) is 62.1 cm³/mol. The molecule has 0 aromatic rings. The minimum absolute atomic E-state index is 0.00878. The van der Waals surface area contributed by atoms with Gasteiger partial charge >= 0.3 is 0 Å². The van der Waals surface area contributed by atoms with Gasteiger partial charge in [-0.15, -0.1) is 0 Å². The van der Waals surface area contributed by atoms with Crippen LogP contribution in [0.25, 0.3) is 0 Å². The van der Waals surface area contributed by atoms with Gasteiger partial charge in [0.2, 0.25) is 0 Å². The van der Waals surface area contributed by atoms with E-state index in [4.69, 9.17) is 18.9 Å². The fraction of sp³-hybridized carbons (Fsp3) is 0.750. The molecule has 7 nitrogen and oxygen atoms in total. The maximum atomic E-state index is 11.3. The summed E-state index contributed by atoms with van der Waals surface area (Å²) in [5, 5.41) is 19.8. The van der Waals surface area contributed by atoms with E-state index in [2.05, 4.69) is 0 Å². The normalized spacial score (nSPS) is 43.5. The van der Waals surface area contributed by atoms with Crippen LogP contribution < -0.4 is 0 Å². The zero-order valence-corrected chi connectivity index (χ0v) is 10.8. The van der Waals surface area contributed by atoms with E-state index >= 15 is 0 Å². The Balaban J connectivity index is 2.00. The molecular weight excluding hydrogens is 256 g/mol. The molecule has 2 rings (SSSR count). The predicted octanol–water partition coefficient (Wildman–Crippen LogP) is -1.03. The molecule has 0 saturated carbocycles. The van der Waals surface area contributed by atoms with Gasteiger partial charge in [-0.25, -0.2) is 0 Å². The Morgan fingerprint density at radius 1 is 1.42 bits per heavy atom. The highest BCUT2D eigenvalue weighted by Gasteiger charge is 2.41. The second-order valence-electron chi connectivity index (χ2n) is 4.50. The molecule has 0 amide bonds. The average Bonchev–Trinajstić information content (AvgIpc) is 2.39. The molecule has 108 valence electrons. The number of hydrogen-bond acceptors (Lipinski definition) is 7.